The van der Waals surface area contributed by atoms with E-state index in [1.165, 1.54) is 93.8 Å². The van der Waals surface area contributed by atoms with Crippen LogP contribution in [0.25, 0.3) is 54.6 Å². The molecule has 326 valence electrons. The Balaban J connectivity index is 1.38. The Morgan fingerprint density at radius 1 is 0.364 bits per heavy atom. The summed E-state index contributed by atoms with van der Waals surface area (Å²) < 4.78 is 0. The van der Waals surface area contributed by atoms with Crippen molar-refractivity contribution in [3.05, 3.63) is 216 Å². The average molecular weight is 857 g/mol. The zero-order valence-corrected chi connectivity index (χ0v) is 39.9. The van der Waals surface area contributed by atoms with Gasteiger partial charge in [0.2, 0.25) is 0 Å². The van der Waals surface area contributed by atoms with Crippen molar-refractivity contribution in [2.45, 2.75) is 79.6 Å². The number of anilines is 6. The summed E-state index contributed by atoms with van der Waals surface area (Å²) in [6.07, 6.45) is 0. The second kappa shape index (κ2) is 17.0. The number of hydrogen-bond donors (Lipinski definition) is 0. The maximum atomic E-state index is 2.56. The van der Waals surface area contributed by atoms with E-state index in [9.17, 15) is 0 Å². The summed E-state index contributed by atoms with van der Waals surface area (Å²) in [6.45, 7) is 20.6. The van der Waals surface area contributed by atoms with Crippen LogP contribution < -0.4 is 9.80 Å². The minimum atomic E-state index is -0.000709. The van der Waals surface area contributed by atoms with Crippen molar-refractivity contribution in [1.29, 1.82) is 0 Å². The highest BCUT2D eigenvalue weighted by Crippen LogP contribution is 2.53. The molecule has 0 atom stereocenters. The molecule has 0 saturated carbocycles. The summed E-state index contributed by atoms with van der Waals surface area (Å²) in [5.74, 6) is 0.539. The monoisotopic (exact) mass is 856 g/mol. The Labute approximate surface area is 392 Å². The Bertz CT molecular complexity index is 3120. The molecule has 0 N–H and O–H groups in total. The van der Waals surface area contributed by atoms with Crippen molar-refractivity contribution in [2.24, 2.45) is 0 Å². The van der Waals surface area contributed by atoms with Gasteiger partial charge in [0.1, 0.15) is 0 Å². The largest absolute Gasteiger partial charge is 0.309 e. The van der Waals surface area contributed by atoms with Crippen molar-refractivity contribution in [3.63, 3.8) is 0 Å². The van der Waals surface area contributed by atoms with Gasteiger partial charge in [-0.1, -0.05) is 205 Å². The SMILES string of the molecule is Cc1ccc(N(c2cc(-c3ccccc3)ccc2C(C)C)c2cc(N(c3ccc(C)cc3)c3cc(-c4ccccc4)ccc3C(C)C)c3ccc4cc(C(C)(C)C)cc5ccc2c3c54)cc1. The third-order valence-corrected chi connectivity index (χ3v) is 13.6. The van der Waals surface area contributed by atoms with Gasteiger partial charge in [0.15, 0.2) is 0 Å². The van der Waals surface area contributed by atoms with E-state index in [1.54, 1.807) is 0 Å². The van der Waals surface area contributed by atoms with Crippen molar-refractivity contribution in [2.75, 3.05) is 9.80 Å². The topological polar surface area (TPSA) is 6.48 Å². The molecule has 0 amide bonds. The lowest BCUT2D eigenvalue weighted by Gasteiger charge is -2.35. The molecule has 0 spiro atoms. The van der Waals surface area contributed by atoms with Gasteiger partial charge < -0.3 is 9.80 Å². The molecule has 0 saturated heterocycles. The minimum absolute atomic E-state index is 0.000709. The number of rotatable bonds is 10. The van der Waals surface area contributed by atoms with E-state index in [0.29, 0.717) is 0 Å². The van der Waals surface area contributed by atoms with E-state index < -0.39 is 0 Å². The van der Waals surface area contributed by atoms with Crippen LogP contribution in [0, 0.1) is 13.8 Å². The lowest BCUT2D eigenvalue weighted by molar-refractivity contribution is 0.591. The van der Waals surface area contributed by atoms with Crippen LogP contribution in [0.15, 0.2) is 188 Å². The van der Waals surface area contributed by atoms with Gasteiger partial charge >= 0.3 is 0 Å². The third-order valence-electron chi connectivity index (χ3n) is 13.6. The van der Waals surface area contributed by atoms with Crippen LogP contribution in [0.1, 0.15) is 88.1 Å². The first-order valence-electron chi connectivity index (χ1n) is 23.7. The summed E-state index contributed by atoms with van der Waals surface area (Å²) in [6, 6.07) is 71.0. The van der Waals surface area contributed by atoms with E-state index in [2.05, 4.69) is 260 Å². The van der Waals surface area contributed by atoms with Crippen LogP contribution in [0.3, 0.4) is 0 Å². The molecule has 10 aromatic carbocycles. The second-order valence-corrected chi connectivity index (χ2v) is 20.0. The van der Waals surface area contributed by atoms with E-state index in [-0.39, 0.29) is 17.3 Å². The van der Waals surface area contributed by atoms with Crippen LogP contribution in [-0.4, -0.2) is 0 Å². The average Bonchev–Trinajstić information content (AvgIpc) is 3.32. The molecular weight excluding hydrogens is 797 g/mol. The Morgan fingerprint density at radius 2 is 0.773 bits per heavy atom. The van der Waals surface area contributed by atoms with Crippen molar-refractivity contribution >= 4 is 66.4 Å². The standard InChI is InChI=1S/C64H60N2/c1-41(2)54-32-24-47(45-16-12-10-13-17-45)38-58(54)65(52-28-20-43(5)21-29-52)60-40-61(57-35-27-50-37-51(64(7,8)9)36-49-26-34-56(60)63(57)62(49)50)66(53-30-22-44(6)23-31-53)59-39-48(25-33-55(59)42(3)4)46-18-14-11-15-19-46/h10-42H,1-9H3. The molecule has 0 unspecified atom stereocenters. The molecule has 0 bridgehead atoms. The maximum Gasteiger partial charge on any atom is 0.0561 e. The van der Waals surface area contributed by atoms with Gasteiger partial charge in [-0.3, -0.25) is 0 Å². The van der Waals surface area contributed by atoms with E-state index >= 15 is 0 Å². The highest BCUT2D eigenvalue weighted by Gasteiger charge is 2.28. The van der Waals surface area contributed by atoms with Crippen LogP contribution in [-0.2, 0) is 5.41 Å². The lowest BCUT2D eigenvalue weighted by Crippen LogP contribution is -2.17. The van der Waals surface area contributed by atoms with Gasteiger partial charge in [-0.15, -0.1) is 0 Å². The molecule has 0 fully saturated rings. The van der Waals surface area contributed by atoms with Gasteiger partial charge in [0.05, 0.1) is 22.7 Å². The fraction of sp³-hybridized carbons (Fsp3) is 0.188. The second-order valence-electron chi connectivity index (χ2n) is 20.0. The van der Waals surface area contributed by atoms with E-state index in [4.69, 9.17) is 0 Å². The molecule has 0 aliphatic heterocycles. The number of aryl methyl sites for hydroxylation is 2. The zero-order valence-electron chi connectivity index (χ0n) is 39.9. The molecule has 2 heteroatoms. The quantitative estimate of drug-likeness (QED) is 0.126. The van der Waals surface area contributed by atoms with Crippen LogP contribution in [0.2, 0.25) is 0 Å². The smallest absolute Gasteiger partial charge is 0.0561 e. The molecule has 66 heavy (non-hydrogen) atoms. The lowest BCUT2D eigenvalue weighted by atomic mass is 9.83. The summed E-state index contributed by atoms with van der Waals surface area (Å²) in [4.78, 5) is 5.13. The summed E-state index contributed by atoms with van der Waals surface area (Å²) in [5.41, 5.74) is 18.1. The van der Waals surface area contributed by atoms with E-state index in [1.807, 2.05) is 0 Å². The summed E-state index contributed by atoms with van der Waals surface area (Å²) >= 11 is 0. The number of benzene rings is 10. The van der Waals surface area contributed by atoms with Gasteiger partial charge in [-0.25, -0.2) is 0 Å². The van der Waals surface area contributed by atoms with E-state index in [0.717, 1.165) is 22.7 Å². The zero-order chi connectivity index (χ0) is 45.9. The summed E-state index contributed by atoms with van der Waals surface area (Å²) in [5, 5.41) is 7.57. The molecule has 0 heterocycles. The van der Waals surface area contributed by atoms with Crippen molar-refractivity contribution in [3.8, 4) is 22.3 Å². The Hall–Kier alpha value is -7.16. The van der Waals surface area contributed by atoms with Crippen molar-refractivity contribution < 1.29 is 0 Å². The van der Waals surface area contributed by atoms with Crippen LogP contribution in [0.4, 0.5) is 34.1 Å². The maximum absolute atomic E-state index is 2.56. The molecule has 0 radical (unpaired) electrons. The predicted octanol–water partition coefficient (Wildman–Crippen LogP) is 19.0. The molecule has 10 rings (SSSR count). The van der Waals surface area contributed by atoms with Crippen LogP contribution in [0.5, 0.6) is 0 Å². The highest BCUT2D eigenvalue weighted by atomic mass is 15.2. The Morgan fingerprint density at radius 3 is 1.15 bits per heavy atom. The first-order chi connectivity index (χ1) is 31.8. The molecule has 0 aromatic heterocycles. The van der Waals surface area contributed by atoms with Crippen LogP contribution >= 0.6 is 0 Å². The van der Waals surface area contributed by atoms with Gasteiger partial charge in [0.25, 0.3) is 0 Å². The molecular formula is C64H60N2. The normalized spacial score (nSPS) is 12.0. The van der Waals surface area contributed by atoms with Gasteiger partial charge in [0, 0.05) is 27.5 Å². The third kappa shape index (κ3) is 7.79. The predicted molar refractivity (Wildman–Crippen MR) is 287 cm³/mol. The fourth-order valence-electron chi connectivity index (χ4n) is 9.96. The van der Waals surface area contributed by atoms with Crippen molar-refractivity contribution in [1.82, 2.24) is 0 Å². The molecule has 0 aliphatic rings. The molecule has 2 nitrogen and oxygen atoms in total. The fourth-order valence-corrected chi connectivity index (χ4v) is 9.96. The highest BCUT2D eigenvalue weighted by molar-refractivity contribution is 6.29. The summed E-state index contributed by atoms with van der Waals surface area (Å²) in [7, 11) is 0. The Kier molecular flexibility index (Phi) is 11.0. The molecule has 10 aromatic rings. The number of nitrogens with zero attached hydrogens (tertiary/aromatic N) is 2. The first kappa shape index (κ1) is 42.8. The molecule has 0 aliphatic carbocycles. The first-order valence-corrected chi connectivity index (χ1v) is 23.7. The van der Waals surface area contributed by atoms with Gasteiger partial charge in [-0.2, -0.15) is 0 Å². The minimum Gasteiger partial charge on any atom is -0.309 e. The number of hydrogen-bond acceptors (Lipinski definition) is 2. The van der Waals surface area contributed by atoms with Gasteiger partial charge in [-0.05, 0) is 129 Å².